The van der Waals surface area contributed by atoms with Gasteiger partial charge in [-0.05, 0) is 42.3 Å². The Morgan fingerprint density at radius 3 is 2.35 bits per heavy atom. The molecule has 122 valence electrons. The zero-order chi connectivity index (χ0) is 17.0. The monoisotopic (exact) mass is 325 g/mol. The molecule has 2 rings (SSSR count). The van der Waals surface area contributed by atoms with E-state index in [1.165, 1.54) is 30.3 Å². The summed E-state index contributed by atoms with van der Waals surface area (Å²) in [5.41, 5.74) is 0.354. The molecule has 23 heavy (non-hydrogen) atoms. The Morgan fingerprint density at radius 1 is 1.13 bits per heavy atom. The van der Waals surface area contributed by atoms with Crippen LogP contribution in [-0.4, -0.2) is 5.91 Å². The van der Waals surface area contributed by atoms with Crippen LogP contribution in [-0.2, 0) is 17.4 Å². The van der Waals surface area contributed by atoms with Gasteiger partial charge in [0.25, 0.3) is 0 Å². The summed E-state index contributed by atoms with van der Waals surface area (Å²) in [4.78, 5) is 11.9. The lowest BCUT2D eigenvalue weighted by Crippen LogP contribution is -2.28. The number of alkyl halides is 3. The van der Waals surface area contributed by atoms with Crippen LogP contribution in [0.2, 0.25) is 0 Å². The lowest BCUT2D eigenvalue weighted by molar-refractivity contribution is -0.137. The maximum Gasteiger partial charge on any atom is 0.416 e. The van der Waals surface area contributed by atoms with Crippen LogP contribution < -0.4 is 5.32 Å². The van der Waals surface area contributed by atoms with Crippen LogP contribution >= 0.6 is 0 Å². The molecule has 0 aromatic heterocycles. The van der Waals surface area contributed by atoms with Crippen molar-refractivity contribution in [1.82, 2.24) is 5.32 Å². The highest BCUT2D eigenvalue weighted by Crippen LogP contribution is 2.29. The molecule has 0 bridgehead atoms. The summed E-state index contributed by atoms with van der Waals surface area (Å²) in [6.45, 7) is 1.67. The minimum Gasteiger partial charge on any atom is -0.349 e. The topological polar surface area (TPSA) is 29.1 Å². The molecule has 0 aliphatic rings. The second-order valence-corrected chi connectivity index (χ2v) is 5.22. The highest BCUT2D eigenvalue weighted by molar-refractivity contribution is 5.79. The molecule has 0 aliphatic carbocycles. The molecule has 0 aliphatic heterocycles. The molecule has 0 saturated heterocycles. The predicted octanol–water partition coefficient (Wildman–Crippen LogP) is 4.26. The summed E-state index contributed by atoms with van der Waals surface area (Å²) in [7, 11) is 0. The first-order valence-electron chi connectivity index (χ1n) is 6.96. The summed E-state index contributed by atoms with van der Waals surface area (Å²) in [5.74, 6) is -0.755. The lowest BCUT2D eigenvalue weighted by atomic mass is 10.1. The minimum absolute atomic E-state index is 0.00271. The number of hydrogen-bond acceptors (Lipinski definition) is 1. The van der Waals surface area contributed by atoms with E-state index in [9.17, 15) is 22.4 Å². The maximum atomic E-state index is 13.1. The van der Waals surface area contributed by atoms with Gasteiger partial charge in [-0.2, -0.15) is 13.2 Å². The maximum absolute atomic E-state index is 13.1. The first-order valence-corrected chi connectivity index (χ1v) is 6.96. The standard InChI is InChI=1S/C17H15F4NO/c1-11(13-5-7-14(8-6-13)17(19,20)21)22-16(23)10-12-3-2-4-15(18)9-12/h2-9,11H,10H2,1H3,(H,22,23)/t11-/m0/s1. The Hall–Kier alpha value is -2.37. The Balaban J connectivity index is 1.98. The predicted molar refractivity (Wildman–Crippen MR) is 78.1 cm³/mol. The number of halogens is 4. The minimum atomic E-state index is -4.39. The summed E-state index contributed by atoms with van der Waals surface area (Å²) in [5, 5.41) is 2.68. The van der Waals surface area contributed by atoms with E-state index in [0.717, 1.165) is 12.1 Å². The van der Waals surface area contributed by atoms with Gasteiger partial charge in [-0.25, -0.2) is 4.39 Å². The van der Waals surface area contributed by atoms with Gasteiger partial charge >= 0.3 is 6.18 Å². The average Bonchev–Trinajstić information content (AvgIpc) is 2.46. The smallest absolute Gasteiger partial charge is 0.349 e. The molecule has 2 aromatic rings. The van der Waals surface area contributed by atoms with E-state index < -0.39 is 23.6 Å². The second kappa shape index (κ2) is 6.81. The van der Waals surface area contributed by atoms with Crippen molar-refractivity contribution < 1.29 is 22.4 Å². The third-order valence-corrected chi connectivity index (χ3v) is 3.37. The van der Waals surface area contributed by atoms with Crippen LogP contribution in [0.1, 0.15) is 29.7 Å². The fraction of sp³-hybridized carbons (Fsp3) is 0.235. The molecule has 1 amide bonds. The number of nitrogens with one attached hydrogen (secondary N) is 1. The molecule has 1 atom stereocenters. The molecular weight excluding hydrogens is 310 g/mol. The molecule has 2 nitrogen and oxygen atoms in total. The number of rotatable bonds is 4. The van der Waals surface area contributed by atoms with Crippen molar-refractivity contribution in [2.75, 3.05) is 0 Å². The SMILES string of the molecule is C[C@H](NC(=O)Cc1cccc(F)c1)c1ccc(C(F)(F)F)cc1. The van der Waals surface area contributed by atoms with Crippen LogP contribution in [0, 0.1) is 5.82 Å². The first-order chi connectivity index (χ1) is 10.8. The third kappa shape index (κ3) is 4.81. The van der Waals surface area contributed by atoms with Crippen LogP contribution in [0.4, 0.5) is 17.6 Å². The zero-order valence-corrected chi connectivity index (χ0v) is 12.3. The molecule has 6 heteroatoms. The van der Waals surface area contributed by atoms with Crippen LogP contribution in [0.5, 0.6) is 0 Å². The van der Waals surface area contributed by atoms with E-state index in [2.05, 4.69) is 5.32 Å². The molecule has 0 saturated carbocycles. The fourth-order valence-electron chi connectivity index (χ4n) is 2.17. The van der Waals surface area contributed by atoms with Crippen molar-refractivity contribution >= 4 is 5.91 Å². The first kappa shape index (κ1) is 17.0. The van der Waals surface area contributed by atoms with Gasteiger partial charge in [0.1, 0.15) is 5.82 Å². The van der Waals surface area contributed by atoms with Crippen molar-refractivity contribution in [3.8, 4) is 0 Å². The normalized spacial score (nSPS) is 12.7. The Morgan fingerprint density at radius 2 is 1.78 bits per heavy atom. The summed E-state index contributed by atoms with van der Waals surface area (Å²) < 4.78 is 50.6. The average molecular weight is 325 g/mol. The van der Waals surface area contributed by atoms with Crippen molar-refractivity contribution in [1.29, 1.82) is 0 Å². The summed E-state index contributed by atoms with van der Waals surface area (Å²) >= 11 is 0. The van der Waals surface area contributed by atoms with Gasteiger partial charge in [0.15, 0.2) is 0 Å². The van der Waals surface area contributed by atoms with Gasteiger partial charge in [-0.15, -0.1) is 0 Å². The molecule has 0 heterocycles. The Kier molecular flexibility index (Phi) is 5.03. The van der Waals surface area contributed by atoms with Gasteiger partial charge in [-0.3, -0.25) is 4.79 Å². The van der Waals surface area contributed by atoms with Crippen LogP contribution in [0.3, 0.4) is 0 Å². The van der Waals surface area contributed by atoms with E-state index in [0.29, 0.717) is 11.1 Å². The molecule has 0 radical (unpaired) electrons. The fourth-order valence-corrected chi connectivity index (χ4v) is 2.17. The van der Waals surface area contributed by atoms with E-state index in [1.807, 2.05) is 0 Å². The highest BCUT2D eigenvalue weighted by atomic mass is 19.4. The van der Waals surface area contributed by atoms with Crippen molar-refractivity contribution in [2.24, 2.45) is 0 Å². The summed E-state index contributed by atoms with van der Waals surface area (Å²) in [6.07, 6.45) is -4.38. The van der Waals surface area contributed by atoms with Gasteiger partial charge < -0.3 is 5.32 Å². The van der Waals surface area contributed by atoms with Gasteiger partial charge in [0.05, 0.1) is 18.0 Å². The lowest BCUT2D eigenvalue weighted by Gasteiger charge is -2.15. The molecular formula is C17H15F4NO. The second-order valence-electron chi connectivity index (χ2n) is 5.22. The van der Waals surface area contributed by atoms with Crippen molar-refractivity contribution in [2.45, 2.75) is 25.6 Å². The zero-order valence-electron chi connectivity index (χ0n) is 12.3. The van der Waals surface area contributed by atoms with Gasteiger partial charge in [-0.1, -0.05) is 24.3 Å². The Labute approximate surface area is 131 Å². The molecule has 1 N–H and O–H groups in total. The largest absolute Gasteiger partial charge is 0.416 e. The van der Waals surface area contributed by atoms with E-state index >= 15 is 0 Å². The number of amides is 1. The molecule has 0 spiro atoms. The number of carbonyl (C=O) groups is 1. The van der Waals surface area contributed by atoms with Crippen LogP contribution in [0.25, 0.3) is 0 Å². The number of carbonyl (C=O) groups excluding carboxylic acids is 1. The highest BCUT2D eigenvalue weighted by Gasteiger charge is 2.30. The number of hydrogen-bond donors (Lipinski definition) is 1. The quantitative estimate of drug-likeness (QED) is 0.836. The molecule has 0 unspecified atom stereocenters. The molecule has 0 fully saturated rings. The summed E-state index contributed by atoms with van der Waals surface area (Å²) in [6, 6.07) is 9.86. The Bertz CT molecular complexity index is 680. The van der Waals surface area contributed by atoms with E-state index in [4.69, 9.17) is 0 Å². The van der Waals surface area contributed by atoms with Gasteiger partial charge in [0.2, 0.25) is 5.91 Å². The van der Waals surface area contributed by atoms with Crippen molar-refractivity contribution in [3.63, 3.8) is 0 Å². The van der Waals surface area contributed by atoms with Crippen LogP contribution in [0.15, 0.2) is 48.5 Å². The van der Waals surface area contributed by atoms with Crippen molar-refractivity contribution in [3.05, 3.63) is 71.0 Å². The van der Waals surface area contributed by atoms with Gasteiger partial charge in [0, 0.05) is 0 Å². The number of benzene rings is 2. The van der Waals surface area contributed by atoms with E-state index in [1.54, 1.807) is 13.0 Å². The van der Waals surface area contributed by atoms with E-state index in [-0.39, 0.29) is 12.3 Å². The molecule has 2 aromatic carbocycles. The third-order valence-electron chi connectivity index (χ3n) is 3.37.